The fraction of sp³-hybridized carbons (Fsp3) is 0.167. The van der Waals surface area contributed by atoms with E-state index in [2.05, 4.69) is 4.98 Å². The SMILES string of the molecule is Cc1ccc(Sc2nc(C)cs2)c(C(=O)O)c1. The average molecular weight is 265 g/mol. The van der Waals surface area contributed by atoms with Crippen LogP contribution < -0.4 is 0 Å². The molecule has 88 valence electrons. The minimum Gasteiger partial charge on any atom is -0.478 e. The molecule has 0 aliphatic heterocycles. The molecule has 1 N–H and O–H groups in total. The van der Waals surface area contributed by atoms with Gasteiger partial charge in [0.2, 0.25) is 0 Å². The summed E-state index contributed by atoms with van der Waals surface area (Å²) in [7, 11) is 0. The Balaban J connectivity index is 2.35. The lowest BCUT2D eigenvalue weighted by atomic mass is 10.1. The average Bonchev–Trinajstić information content (AvgIpc) is 2.66. The van der Waals surface area contributed by atoms with Crippen molar-refractivity contribution in [3.63, 3.8) is 0 Å². The molecule has 5 heteroatoms. The summed E-state index contributed by atoms with van der Waals surface area (Å²) in [6, 6.07) is 5.43. The molecule has 0 spiro atoms. The summed E-state index contributed by atoms with van der Waals surface area (Å²) >= 11 is 2.93. The Morgan fingerprint density at radius 3 is 2.76 bits per heavy atom. The van der Waals surface area contributed by atoms with E-state index in [4.69, 9.17) is 5.11 Å². The van der Waals surface area contributed by atoms with E-state index in [0.29, 0.717) is 5.56 Å². The number of carboxylic acid groups (broad SMARTS) is 1. The molecule has 2 aromatic rings. The van der Waals surface area contributed by atoms with E-state index in [0.717, 1.165) is 20.5 Å². The van der Waals surface area contributed by atoms with Crippen LogP contribution in [0.2, 0.25) is 0 Å². The summed E-state index contributed by atoms with van der Waals surface area (Å²) in [4.78, 5) is 16.2. The van der Waals surface area contributed by atoms with E-state index >= 15 is 0 Å². The molecule has 1 aromatic carbocycles. The molecule has 0 unspecified atom stereocenters. The minimum atomic E-state index is -0.899. The molecule has 0 aliphatic rings. The maximum atomic E-state index is 11.1. The van der Waals surface area contributed by atoms with Crippen molar-refractivity contribution in [3.05, 3.63) is 40.4 Å². The molecule has 0 radical (unpaired) electrons. The topological polar surface area (TPSA) is 50.2 Å². The number of carbonyl (C=O) groups is 1. The second kappa shape index (κ2) is 4.89. The number of aryl methyl sites for hydroxylation is 2. The van der Waals surface area contributed by atoms with Crippen LogP contribution in [-0.2, 0) is 0 Å². The van der Waals surface area contributed by atoms with Gasteiger partial charge in [0.15, 0.2) is 4.34 Å². The Morgan fingerprint density at radius 2 is 2.18 bits per heavy atom. The molecule has 0 atom stereocenters. The lowest BCUT2D eigenvalue weighted by Crippen LogP contribution is -1.99. The van der Waals surface area contributed by atoms with Gasteiger partial charge in [-0.05, 0) is 26.0 Å². The molecule has 17 heavy (non-hydrogen) atoms. The number of aromatic nitrogens is 1. The summed E-state index contributed by atoms with van der Waals surface area (Å²) < 4.78 is 0.869. The zero-order valence-corrected chi connectivity index (χ0v) is 11.1. The van der Waals surface area contributed by atoms with Crippen molar-refractivity contribution in [1.82, 2.24) is 4.98 Å². The smallest absolute Gasteiger partial charge is 0.336 e. The van der Waals surface area contributed by atoms with Gasteiger partial charge >= 0.3 is 5.97 Å². The third-order valence-electron chi connectivity index (χ3n) is 2.16. The van der Waals surface area contributed by atoms with Gasteiger partial charge in [-0.25, -0.2) is 9.78 Å². The van der Waals surface area contributed by atoms with Crippen molar-refractivity contribution < 1.29 is 9.90 Å². The minimum absolute atomic E-state index is 0.336. The van der Waals surface area contributed by atoms with Gasteiger partial charge < -0.3 is 5.11 Å². The van der Waals surface area contributed by atoms with Crippen molar-refractivity contribution in [2.24, 2.45) is 0 Å². The van der Waals surface area contributed by atoms with Crippen LogP contribution in [0.3, 0.4) is 0 Å². The van der Waals surface area contributed by atoms with Crippen LogP contribution in [0.5, 0.6) is 0 Å². The fourth-order valence-electron chi connectivity index (χ4n) is 1.37. The highest BCUT2D eigenvalue weighted by molar-refractivity contribution is 8.01. The lowest BCUT2D eigenvalue weighted by molar-refractivity contribution is 0.0693. The molecule has 0 fully saturated rings. The third-order valence-corrected chi connectivity index (χ3v) is 4.29. The van der Waals surface area contributed by atoms with Crippen LogP contribution in [0.1, 0.15) is 21.6 Å². The third kappa shape index (κ3) is 2.87. The monoisotopic (exact) mass is 265 g/mol. The summed E-state index contributed by atoms with van der Waals surface area (Å²) in [5.74, 6) is -0.899. The van der Waals surface area contributed by atoms with Gasteiger partial charge in [-0.1, -0.05) is 23.4 Å². The Morgan fingerprint density at radius 1 is 1.41 bits per heavy atom. The number of aromatic carboxylic acids is 1. The normalized spacial score (nSPS) is 10.5. The molecule has 1 heterocycles. The van der Waals surface area contributed by atoms with Crippen molar-refractivity contribution in [2.75, 3.05) is 0 Å². The van der Waals surface area contributed by atoms with Gasteiger partial charge in [-0.15, -0.1) is 11.3 Å². The molecule has 0 bridgehead atoms. The predicted octanol–water partition coefficient (Wildman–Crippen LogP) is 3.61. The summed E-state index contributed by atoms with van der Waals surface area (Å²) in [6.07, 6.45) is 0. The van der Waals surface area contributed by atoms with Crippen LogP contribution in [0.4, 0.5) is 0 Å². The number of rotatable bonds is 3. The second-order valence-electron chi connectivity index (χ2n) is 3.66. The largest absolute Gasteiger partial charge is 0.478 e. The maximum Gasteiger partial charge on any atom is 0.336 e. The van der Waals surface area contributed by atoms with E-state index in [-0.39, 0.29) is 0 Å². The van der Waals surface area contributed by atoms with E-state index < -0.39 is 5.97 Å². The first-order valence-corrected chi connectivity index (χ1v) is 6.70. The Labute approximate surface area is 108 Å². The second-order valence-corrected chi connectivity index (χ2v) is 5.81. The first-order chi connectivity index (χ1) is 8.06. The van der Waals surface area contributed by atoms with Gasteiger partial charge in [0.25, 0.3) is 0 Å². The highest BCUT2D eigenvalue weighted by Gasteiger charge is 2.12. The Bertz CT molecular complexity index is 563. The van der Waals surface area contributed by atoms with Gasteiger partial charge in [0, 0.05) is 16.0 Å². The molecule has 2 rings (SSSR count). The number of nitrogens with zero attached hydrogens (tertiary/aromatic N) is 1. The number of benzene rings is 1. The summed E-state index contributed by atoms with van der Waals surface area (Å²) in [5.41, 5.74) is 2.24. The zero-order chi connectivity index (χ0) is 12.4. The Kier molecular flexibility index (Phi) is 3.49. The van der Waals surface area contributed by atoms with Crippen LogP contribution >= 0.6 is 23.1 Å². The zero-order valence-electron chi connectivity index (χ0n) is 9.43. The first kappa shape index (κ1) is 12.1. The van der Waals surface area contributed by atoms with Crippen LogP contribution in [0, 0.1) is 13.8 Å². The molecule has 0 saturated carbocycles. The highest BCUT2D eigenvalue weighted by atomic mass is 32.2. The van der Waals surface area contributed by atoms with Gasteiger partial charge in [0.1, 0.15) is 0 Å². The molecular formula is C12H11NO2S2. The Hall–Kier alpha value is -1.33. The van der Waals surface area contributed by atoms with Crippen LogP contribution in [0.25, 0.3) is 0 Å². The van der Waals surface area contributed by atoms with Crippen LogP contribution in [0.15, 0.2) is 32.8 Å². The van der Waals surface area contributed by atoms with Gasteiger partial charge in [-0.3, -0.25) is 0 Å². The maximum absolute atomic E-state index is 11.1. The standard InChI is InChI=1S/C12H11NO2S2/c1-7-3-4-10(9(5-7)11(14)15)17-12-13-8(2)6-16-12/h3-6H,1-2H3,(H,14,15). The molecule has 3 nitrogen and oxygen atoms in total. The fourth-order valence-corrected chi connectivity index (χ4v) is 3.27. The number of hydrogen-bond donors (Lipinski definition) is 1. The summed E-state index contributed by atoms with van der Waals surface area (Å²) in [5, 5.41) is 11.1. The van der Waals surface area contributed by atoms with Gasteiger partial charge in [0.05, 0.1) is 5.56 Å². The summed E-state index contributed by atoms with van der Waals surface area (Å²) in [6.45, 7) is 3.81. The highest BCUT2D eigenvalue weighted by Crippen LogP contribution is 2.33. The molecule has 1 aromatic heterocycles. The van der Waals surface area contributed by atoms with Crippen molar-refractivity contribution >= 4 is 29.1 Å². The first-order valence-electron chi connectivity index (χ1n) is 5.00. The van der Waals surface area contributed by atoms with Crippen molar-refractivity contribution in [3.8, 4) is 0 Å². The quantitative estimate of drug-likeness (QED) is 0.921. The van der Waals surface area contributed by atoms with E-state index in [9.17, 15) is 4.79 Å². The van der Waals surface area contributed by atoms with Crippen LogP contribution in [-0.4, -0.2) is 16.1 Å². The van der Waals surface area contributed by atoms with Crippen molar-refractivity contribution in [1.29, 1.82) is 0 Å². The van der Waals surface area contributed by atoms with E-state index in [1.807, 2.05) is 31.4 Å². The van der Waals surface area contributed by atoms with Gasteiger partial charge in [-0.2, -0.15) is 0 Å². The molecule has 0 saturated heterocycles. The lowest BCUT2D eigenvalue weighted by Gasteiger charge is -2.04. The van der Waals surface area contributed by atoms with Crippen molar-refractivity contribution in [2.45, 2.75) is 23.1 Å². The van der Waals surface area contributed by atoms with E-state index in [1.54, 1.807) is 6.07 Å². The number of hydrogen-bond acceptors (Lipinski definition) is 4. The molecule has 0 amide bonds. The van der Waals surface area contributed by atoms with E-state index in [1.165, 1.54) is 23.1 Å². The number of carboxylic acids is 1. The molecular weight excluding hydrogens is 254 g/mol. The molecule has 0 aliphatic carbocycles. The number of thiazole rings is 1. The predicted molar refractivity (Wildman–Crippen MR) is 69.1 cm³/mol.